The third-order valence-electron chi connectivity index (χ3n) is 3.23. The number of nitrogens with zero attached hydrogens (tertiary/aromatic N) is 1. The fraction of sp³-hybridized carbons (Fsp3) is 0.0588. The highest BCUT2D eigenvalue weighted by molar-refractivity contribution is 9.10. The molecule has 134 valence electrons. The molecule has 0 amide bonds. The summed E-state index contributed by atoms with van der Waals surface area (Å²) in [4.78, 5) is 16.3. The Morgan fingerprint density at radius 3 is 2.65 bits per heavy atom. The van der Waals surface area contributed by atoms with Gasteiger partial charge in [-0.3, -0.25) is 0 Å². The number of ether oxygens (including phenoxy) is 1. The normalized spacial score (nSPS) is 15.7. The number of hydrogen-bond acceptors (Lipinski definition) is 6. The van der Waals surface area contributed by atoms with Gasteiger partial charge < -0.3 is 8.92 Å². The van der Waals surface area contributed by atoms with E-state index in [9.17, 15) is 13.2 Å². The number of aliphatic imine (C=N–C) groups is 1. The Hall–Kier alpha value is -2.16. The number of benzene rings is 2. The molecule has 6 nitrogen and oxygen atoms in total. The molecule has 0 saturated carbocycles. The lowest BCUT2D eigenvalue weighted by Gasteiger charge is -2.07. The van der Waals surface area contributed by atoms with Gasteiger partial charge in [-0.25, -0.2) is 9.79 Å². The van der Waals surface area contributed by atoms with Gasteiger partial charge in [0, 0.05) is 10.0 Å². The SMILES string of the molecule is CS(=O)(=O)Oc1ccc(Br)cc1/C=C1\N=C(c2ccccc2Cl)OC1=O. The second-order valence-corrected chi connectivity index (χ2v) is 8.18. The number of rotatable bonds is 4. The van der Waals surface area contributed by atoms with Gasteiger partial charge in [-0.2, -0.15) is 8.42 Å². The monoisotopic (exact) mass is 455 g/mol. The van der Waals surface area contributed by atoms with Crippen molar-refractivity contribution in [1.82, 2.24) is 0 Å². The lowest BCUT2D eigenvalue weighted by Crippen LogP contribution is -2.07. The van der Waals surface area contributed by atoms with Gasteiger partial charge in [-0.15, -0.1) is 0 Å². The minimum Gasteiger partial charge on any atom is -0.402 e. The Labute approximate surface area is 163 Å². The molecule has 0 unspecified atom stereocenters. The van der Waals surface area contributed by atoms with E-state index in [1.54, 1.807) is 36.4 Å². The van der Waals surface area contributed by atoms with Gasteiger partial charge in [-0.1, -0.05) is 39.7 Å². The molecule has 26 heavy (non-hydrogen) atoms. The number of carbonyl (C=O) groups excluding carboxylic acids is 1. The van der Waals surface area contributed by atoms with Gasteiger partial charge in [-0.05, 0) is 36.4 Å². The van der Waals surface area contributed by atoms with Crippen LogP contribution in [0.4, 0.5) is 0 Å². The van der Waals surface area contributed by atoms with Crippen LogP contribution in [0.2, 0.25) is 5.02 Å². The van der Waals surface area contributed by atoms with Gasteiger partial charge in [0.05, 0.1) is 16.8 Å². The zero-order valence-electron chi connectivity index (χ0n) is 13.3. The van der Waals surface area contributed by atoms with Crippen LogP contribution in [0.15, 0.2) is 57.6 Å². The fourth-order valence-corrected chi connectivity index (χ4v) is 3.25. The molecule has 0 atom stereocenters. The quantitative estimate of drug-likeness (QED) is 0.397. The van der Waals surface area contributed by atoms with Gasteiger partial charge >= 0.3 is 16.1 Å². The van der Waals surface area contributed by atoms with E-state index in [-0.39, 0.29) is 17.3 Å². The summed E-state index contributed by atoms with van der Waals surface area (Å²) < 4.78 is 33.6. The summed E-state index contributed by atoms with van der Waals surface area (Å²) in [6.07, 6.45) is 2.32. The number of carbonyl (C=O) groups is 1. The van der Waals surface area contributed by atoms with Crippen molar-refractivity contribution in [3.8, 4) is 5.75 Å². The van der Waals surface area contributed by atoms with Crippen LogP contribution in [0.25, 0.3) is 6.08 Å². The highest BCUT2D eigenvalue weighted by Gasteiger charge is 2.26. The second-order valence-electron chi connectivity index (χ2n) is 5.29. The minimum absolute atomic E-state index is 0.00336. The molecule has 0 spiro atoms. The highest BCUT2D eigenvalue weighted by atomic mass is 79.9. The van der Waals surface area contributed by atoms with Crippen molar-refractivity contribution < 1.29 is 22.1 Å². The summed E-state index contributed by atoms with van der Waals surface area (Å²) in [5.41, 5.74) is 0.824. The van der Waals surface area contributed by atoms with Crippen LogP contribution < -0.4 is 4.18 Å². The van der Waals surface area contributed by atoms with Gasteiger partial charge in [0.2, 0.25) is 5.90 Å². The van der Waals surface area contributed by atoms with E-state index >= 15 is 0 Å². The Balaban J connectivity index is 2.04. The highest BCUT2D eigenvalue weighted by Crippen LogP contribution is 2.29. The molecule has 1 aliphatic heterocycles. The smallest absolute Gasteiger partial charge is 0.363 e. The first-order valence-electron chi connectivity index (χ1n) is 7.19. The number of halogens is 2. The van der Waals surface area contributed by atoms with E-state index < -0.39 is 16.1 Å². The topological polar surface area (TPSA) is 82.0 Å². The van der Waals surface area contributed by atoms with E-state index in [0.29, 0.717) is 20.6 Å². The summed E-state index contributed by atoms with van der Waals surface area (Å²) in [5.74, 6) is -0.532. The lowest BCUT2D eigenvalue weighted by molar-refractivity contribution is -0.129. The molecule has 2 aromatic carbocycles. The Bertz CT molecular complexity index is 1060. The van der Waals surface area contributed by atoms with Crippen LogP contribution in [0.5, 0.6) is 5.75 Å². The van der Waals surface area contributed by atoms with Gasteiger partial charge in [0.1, 0.15) is 5.75 Å². The first kappa shape index (κ1) is 18.6. The molecule has 0 fully saturated rings. The molecule has 0 bridgehead atoms. The molecule has 0 N–H and O–H groups in total. The summed E-state index contributed by atoms with van der Waals surface area (Å²) in [5, 5.41) is 0.392. The number of cyclic esters (lactones) is 1. The van der Waals surface area contributed by atoms with Crippen molar-refractivity contribution in [1.29, 1.82) is 0 Å². The van der Waals surface area contributed by atoms with E-state index in [0.717, 1.165) is 6.26 Å². The third-order valence-corrected chi connectivity index (χ3v) is 4.54. The Morgan fingerprint density at radius 2 is 1.96 bits per heavy atom. The summed E-state index contributed by atoms with van der Waals surface area (Å²) in [6, 6.07) is 11.5. The van der Waals surface area contributed by atoms with Crippen molar-refractivity contribution in [2.45, 2.75) is 0 Å². The maximum atomic E-state index is 12.1. The number of esters is 1. The predicted octanol–water partition coefficient (Wildman–Crippen LogP) is 3.79. The molecule has 3 rings (SSSR count). The van der Waals surface area contributed by atoms with Crippen LogP contribution in [0.1, 0.15) is 11.1 Å². The molecule has 0 saturated heterocycles. The van der Waals surface area contributed by atoms with E-state index in [2.05, 4.69) is 20.9 Å². The molecular formula is C17H11BrClNO5S. The van der Waals surface area contributed by atoms with Crippen LogP contribution in [0, 0.1) is 0 Å². The maximum absolute atomic E-state index is 12.1. The van der Waals surface area contributed by atoms with Crippen molar-refractivity contribution in [3.63, 3.8) is 0 Å². The van der Waals surface area contributed by atoms with Crippen molar-refractivity contribution >= 4 is 55.6 Å². The molecule has 9 heteroatoms. The average Bonchev–Trinajstić information content (AvgIpc) is 2.90. The van der Waals surface area contributed by atoms with Crippen LogP contribution in [0.3, 0.4) is 0 Å². The zero-order valence-corrected chi connectivity index (χ0v) is 16.4. The first-order valence-corrected chi connectivity index (χ1v) is 10.2. The van der Waals surface area contributed by atoms with Gasteiger partial charge in [0.25, 0.3) is 0 Å². The maximum Gasteiger partial charge on any atom is 0.363 e. The largest absolute Gasteiger partial charge is 0.402 e. The van der Waals surface area contributed by atoms with Gasteiger partial charge in [0.15, 0.2) is 5.70 Å². The number of hydrogen-bond donors (Lipinski definition) is 0. The van der Waals surface area contributed by atoms with Crippen molar-refractivity contribution in [2.24, 2.45) is 4.99 Å². The van der Waals surface area contributed by atoms with E-state index in [1.807, 2.05) is 0 Å². The van der Waals surface area contributed by atoms with E-state index in [1.165, 1.54) is 12.1 Å². The van der Waals surface area contributed by atoms with Crippen molar-refractivity contribution in [2.75, 3.05) is 6.26 Å². The summed E-state index contributed by atoms with van der Waals surface area (Å²) in [6.45, 7) is 0. The molecular weight excluding hydrogens is 446 g/mol. The van der Waals surface area contributed by atoms with Crippen LogP contribution in [-0.2, 0) is 19.6 Å². The molecule has 1 heterocycles. The summed E-state index contributed by atoms with van der Waals surface area (Å²) >= 11 is 9.39. The molecule has 0 aromatic heterocycles. The van der Waals surface area contributed by atoms with Crippen LogP contribution >= 0.6 is 27.5 Å². The molecule has 2 aromatic rings. The zero-order chi connectivity index (χ0) is 18.9. The van der Waals surface area contributed by atoms with E-state index in [4.69, 9.17) is 20.5 Å². The lowest BCUT2D eigenvalue weighted by atomic mass is 10.1. The minimum atomic E-state index is -3.73. The van der Waals surface area contributed by atoms with Crippen molar-refractivity contribution in [3.05, 3.63) is 68.8 Å². The Morgan fingerprint density at radius 1 is 1.23 bits per heavy atom. The predicted molar refractivity (Wildman–Crippen MR) is 102 cm³/mol. The Kier molecular flexibility index (Phi) is 5.17. The molecule has 0 aliphatic carbocycles. The molecule has 1 aliphatic rings. The average molecular weight is 457 g/mol. The second kappa shape index (κ2) is 7.22. The summed E-state index contributed by atoms with van der Waals surface area (Å²) in [7, 11) is -3.73. The third kappa shape index (κ3) is 4.32. The fourth-order valence-electron chi connectivity index (χ4n) is 2.18. The standard InChI is InChI=1S/C17H11BrClNO5S/c1-26(22,23)25-15-7-6-11(18)8-10(15)9-14-17(21)24-16(20-14)12-4-2-3-5-13(12)19/h2-9H,1H3/b14-9-. The molecule has 0 radical (unpaired) electrons. The first-order chi connectivity index (χ1) is 12.2. The van der Waals surface area contributed by atoms with Crippen LogP contribution in [-0.4, -0.2) is 26.5 Å².